The number of hydrogen-bond acceptors (Lipinski definition) is 3. The van der Waals surface area contributed by atoms with E-state index in [-0.39, 0.29) is 0 Å². The van der Waals surface area contributed by atoms with Gasteiger partial charge in [-0.1, -0.05) is 0 Å². The van der Waals surface area contributed by atoms with Crippen LogP contribution < -0.4 is 0 Å². The maximum Gasteiger partial charge on any atom is 0.137 e. The van der Waals surface area contributed by atoms with Crippen molar-refractivity contribution in [3.05, 3.63) is 22.4 Å². The average molecular weight is 211 g/mol. The lowest BCUT2D eigenvalue weighted by atomic mass is 10.1. The lowest BCUT2D eigenvalue weighted by molar-refractivity contribution is -0.118. The summed E-state index contributed by atoms with van der Waals surface area (Å²) in [5.41, 5.74) is 1.16. The first kappa shape index (κ1) is 11.4. The smallest absolute Gasteiger partial charge is 0.137 e. The van der Waals surface area contributed by atoms with Crippen molar-refractivity contribution < 1.29 is 4.79 Å². The fourth-order valence-electron chi connectivity index (χ4n) is 1.30. The van der Waals surface area contributed by atoms with Crippen LogP contribution in [0.3, 0.4) is 0 Å². The SMILES string of the molecule is CN(C)CCCC(=O)Cc1ccsc1. The molecular formula is C11H17NOS. The van der Waals surface area contributed by atoms with Crippen LogP contribution in [-0.2, 0) is 11.2 Å². The number of carbonyl (C=O) groups excluding carboxylic acids is 1. The van der Waals surface area contributed by atoms with Crippen molar-refractivity contribution >= 4 is 17.1 Å². The molecule has 1 aromatic heterocycles. The van der Waals surface area contributed by atoms with Crippen molar-refractivity contribution in [3.63, 3.8) is 0 Å². The van der Waals surface area contributed by atoms with Crippen molar-refractivity contribution in [2.24, 2.45) is 0 Å². The van der Waals surface area contributed by atoms with Gasteiger partial charge in [0.15, 0.2) is 0 Å². The van der Waals surface area contributed by atoms with Gasteiger partial charge in [0.1, 0.15) is 5.78 Å². The first-order valence-electron chi connectivity index (χ1n) is 4.86. The van der Waals surface area contributed by atoms with E-state index < -0.39 is 0 Å². The molecule has 0 spiro atoms. The molecule has 14 heavy (non-hydrogen) atoms. The van der Waals surface area contributed by atoms with E-state index in [1.165, 1.54) is 0 Å². The molecule has 0 bridgehead atoms. The van der Waals surface area contributed by atoms with Crippen LogP contribution in [0.25, 0.3) is 0 Å². The Morgan fingerprint density at radius 2 is 2.29 bits per heavy atom. The van der Waals surface area contributed by atoms with Gasteiger partial charge < -0.3 is 4.90 Å². The Hall–Kier alpha value is -0.670. The molecule has 2 nitrogen and oxygen atoms in total. The van der Waals surface area contributed by atoms with Gasteiger partial charge in [0.05, 0.1) is 0 Å². The Balaban J connectivity index is 2.17. The van der Waals surface area contributed by atoms with Gasteiger partial charge in [-0.2, -0.15) is 11.3 Å². The summed E-state index contributed by atoms with van der Waals surface area (Å²) in [7, 11) is 4.06. The van der Waals surface area contributed by atoms with E-state index in [2.05, 4.69) is 4.90 Å². The number of rotatable bonds is 6. The molecule has 1 aromatic rings. The highest BCUT2D eigenvalue weighted by Crippen LogP contribution is 2.08. The van der Waals surface area contributed by atoms with Gasteiger partial charge >= 0.3 is 0 Å². The third-order valence-corrected chi connectivity index (χ3v) is 2.77. The zero-order chi connectivity index (χ0) is 10.4. The number of Topliss-reactive ketones (excluding diaryl/α,β-unsaturated/α-hetero) is 1. The average Bonchev–Trinajstić information content (AvgIpc) is 2.56. The molecule has 0 amide bonds. The van der Waals surface area contributed by atoms with E-state index in [1.807, 2.05) is 30.9 Å². The molecule has 0 saturated heterocycles. The lowest BCUT2D eigenvalue weighted by Gasteiger charge is -2.07. The molecule has 0 aromatic carbocycles. The predicted molar refractivity (Wildman–Crippen MR) is 60.8 cm³/mol. The van der Waals surface area contributed by atoms with Crippen LogP contribution in [0.5, 0.6) is 0 Å². The van der Waals surface area contributed by atoms with E-state index in [1.54, 1.807) is 11.3 Å². The monoisotopic (exact) mass is 211 g/mol. The summed E-state index contributed by atoms with van der Waals surface area (Å²) >= 11 is 1.65. The highest BCUT2D eigenvalue weighted by atomic mass is 32.1. The Labute approximate surface area is 89.5 Å². The second-order valence-electron chi connectivity index (χ2n) is 3.75. The van der Waals surface area contributed by atoms with Gasteiger partial charge in [0.2, 0.25) is 0 Å². The molecule has 1 rings (SSSR count). The fraction of sp³-hybridized carbons (Fsp3) is 0.545. The van der Waals surface area contributed by atoms with E-state index in [0.717, 1.165) is 18.5 Å². The highest BCUT2D eigenvalue weighted by Gasteiger charge is 2.03. The third-order valence-electron chi connectivity index (χ3n) is 2.04. The second-order valence-corrected chi connectivity index (χ2v) is 4.53. The van der Waals surface area contributed by atoms with E-state index in [0.29, 0.717) is 18.6 Å². The highest BCUT2D eigenvalue weighted by molar-refractivity contribution is 7.07. The topological polar surface area (TPSA) is 20.3 Å². The number of thiophene rings is 1. The normalized spacial score (nSPS) is 10.8. The summed E-state index contributed by atoms with van der Waals surface area (Å²) in [6.07, 6.45) is 2.28. The van der Waals surface area contributed by atoms with Crippen LogP contribution >= 0.6 is 11.3 Å². The predicted octanol–water partition coefficient (Wildman–Crippen LogP) is 2.20. The molecule has 0 radical (unpaired) electrons. The fourth-order valence-corrected chi connectivity index (χ4v) is 1.97. The maximum absolute atomic E-state index is 11.5. The molecule has 0 saturated carbocycles. The molecule has 0 aliphatic carbocycles. The number of hydrogen-bond donors (Lipinski definition) is 0. The van der Waals surface area contributed by atoms with E-state index in [9.17, 15) is 4.79 Å². The van der Waals surface area contributed by atoms with Crippen molar-refractivity contribution in [2.45, 2.75) is 19.3 Å². The molecule has 0 atom stereocenters. The Bertz CT molecular complexity index is 267. The standard InChI is InChI=1S/C11H17NOS/c1-12(2)6-3-4-11(13)8-10-5-7-14-9-10/h5,7,9H,3-4,6,8H2,1-2H3. The van der Waals surface area contributed by atoms with Gasteiger partial charge in [-0.15, -0.1) is 0 Å². The van der Waals surface area contributed by atoms with Crippen molar-refractivity contribution in [1.82, 2.24) is 4.90 Å². The minimum atomic E-state index is 0.352. The second kappa shape index (κ2) is 5.94. The largest absolute Gasteiger partial charge is 0.309 e. The van der Waals surface area contributed by atoms with Crippen LogP contribution in [0, 0.1) is 0 Å². The van der Waals surface area contributed by atoms with Gasteiger partial charge in [0, 0.05) is 12.8 Å². The van der Waals surface area contributed by atoms with Gasteiger partial charge in [-0.25, -0.2) is 0 Å². The minimum Gasteiger partial charge on any atom is -0.309 e. The Morgan fingerprint density at radius 1 is 1.50 bits per heavy atom. The first-order valence-corrected chi connectivity index (χ1v) is 5.80. The molecule has 78 valence electrons. The quantitative estimate of drug-likeness (QED) is 0.719. The summed E-state index contributed by atoms with van der Waals surface area (Å²) in [6.45, 7) is 0.995. The number of carbonyl (C=O) groups is 1. The summed E-state index contributed by atoms with van der Waals surface area (Å²) in [4.78, 5) is 13.6. The number of nitrogens with zero attached hydrogens (tertiary/aromatic N) is 1. The molecule has 3 heteroatoms. The molecular weight excluding hydrogens is 194 g/mol. The zero-order valence-corrected chi connectivity index (χ0v) is 9.64. The van der Waals surface area contributed by atoms with Crippen LogP contribution in [0.1, 0.15) is 18.4 Å². The van der Waals surface area contributed by atoms with Crippen molar-refractivity contribution in [3.8, 4) is 0 Å². The first-order chi connectivity index (χ1) is 6.68. The molecule has 0 aliphatic rings. The Morgan fingerprint density at radius 3 is 2.86 bits per heavy atom. The Kier molecular flexibility index (Phi) is 4.84. The van der Waals surface area contributed by atoms with E-state index in [4.69, 9.17) is 0 Å². The summed E-state index contributed by atoms with van der Waals surface area (Å²) < 4.78 is 0. The van der Waals surface area contributed by atoms with Crippen LogP contribution in [0.2, 0.25) is 0 Å². The summed E-state index contributed by atoms with van der Waals surface area (Å²) in [6, 6.07) is 2.02. The molecule has 0 N–H and O–H groups in total. The number of ketones is 1. The third kappa shape index (κ3) is 4.53. The zero-order valence-electron chi connectivity index (χ0n) is 8.82. The van der Waals surface area contributed by atoms with Gasteiger partial charge in [0.25, 0.3) is 0 Å². The van der Waals surface area contributed by atoms with Gasteiger partial charge in [-0.05, 0) is 49.5 Å². The van der Waals surface area contributed by atoms with Gasteiger partial charge in [-0.3, -0.25) is 4.79 Å². The van der Waals surface area contributed by atoms with Crippen LogP contribution in [-0.4, -0.2) is 31.3 Å². The summed E-state index contributed by atoms with van der Waals surface area (Å²) in [5, 5.41) is 4.06. The lowest BCUT2D eigenvalue weighted by Crippen LogP contribution is -2.14. The van der Waals surface area contributed by atoms with Crippen molar-refractivity contribution in [1.29, 1.82) is 0 Å². The minimum absolute atomic E-state index is 0.352. The maximum atomic E-state index is 11.5. The molecule has 0 aliphatic heterocycles. The molecule has 0 unspecified atom stereocenters. The molecule has 1 heterocycles. The van der Waals surface area contributed by atoms with Crippen LogP contribution in [0.4, 0.5) is 0 Å². The van der Waals surface area contributed by atoms with Crippen LogP contribution in [0.15, 0.2) is 16.8 Å². The molecule has 0 fully saturated rings. The van der Waals surface area contributed by atoms with E-state index >= 15 is 0 Å². The summed E-state index contributed by atoms with van der Waals surface area (Å²) in [5.74, 6) is 0.352. The van der Waals surface area contributed by atoms with Crippen molar-refractivity contribution in [2.75, 3.05) is 20.6 Å².